The third kappa shape index (κ3) is 6.10. The standard InChI is InChI=1S/C23H31N7O2/c1-29-17-18(16-26-29)15-25-22-8-9-24-23(28-22)27-19-6-7-20(31-2)21(14-19)32-13-5-12-30-10-3-4-11-30/h6-9,14,16-17H,3-5,10-13,15H2,1-2H3,(H2,24,25,27,28). The monoisotopic (exact) mass is 437 g/mol. The van der Waals surface area contributed by atoms with Crippen molar-refractivity contribution in [3.8, 4) is 11.5 Å². The lowest BCUT2D eigenvalue weighted by molar-refractivity contribution is 0.254. The summed E-state index contributed by atoms with van der Waals surface area (Å²) < 4.78 is 13.3. The van der Waals surface area contributed by atoms with Gasteiger partial charge in [-0.15, -0.1) is 0 Å². The van der Waals surface area contributed by atoms with Gasteiger partial charge in [-0.05, 0) is 50.6 Å². The van der Waals surface area contributed by atoms with Gasteiger partial charge in [-0.2, -0.15) is 10.1 Å². The summed E-state index contributed by atoms with van der Waals surface area (Å²) in [6.45, 7) is 4.79. The number of ether oxygens (including phenoxy) is 2. The number of hydrogen-bond donors (Lipinski definition) is 2. The Morgan fingerprint density at radius 3 is 2.78 bits per heavy atom. The summed E-state index contributed by atoms with van der Waals surface area (Å²) >= 11 is 0. The van der Waals surface area contributed by atoms with Crippen molar-refractivity contribution in [3.05, 3.63) is 48.4 Å². The lowest BCUT2D eigenvalue weighted by atomic mass is 10.2. The average molecular weight is 438 g/mol. The van der Waals surface area contributed by atoms with E-state index in [1.165, 1.54) is 25.9 Å². The van der Waals surface area contributed by atoms with E-state index in [0.29, 0.717) is 30.6 Å². The second-order valence-electron chi connectivity index (χ2n) is 7.88. The van der Waals surface area contributed by atoms with Gasteiger partial charge in [0.15, 0.2) is 11.5 Å². The number of benzene rings is 1. The molecule has 0 bridgehead atoms. The summed E-state index contributed by atoms with van der Waals surface area (Å²) in [4.78, 5) is 11.4. The third-order valence-electron chi connectivity index (χ3n) is 5.38. The van der Waals surface area contributed by atoms with E-state index >= 15 is 0 Å². The fourth-order valence-electron chi connectivity index (χ4n) is 3.75. The van der Waals surface area contributed by atoms with Crippen molar-refractivity contribution in [2.24, 2.45) is 7.05 Å². The predicted molar refractivity (Wildman–Crippen MR) is 125 cm³/mol. The van der Waals surface area contributed by atoms with Gasteiger partial charge in [0.2, 0.25) is 5.95 Å². The van der Waals surface area contributed by atoms with Gasteiger partial charge in [-0.25, -0.2) is 4.98 Å². The molecule has 9 nitrogen and oxygen atoms in total. The Bertz CT molecular complexity index is 1000. The molecule has 3 aromatic rings. The molecule has 1 saturated heterocycles. The number of rotatable bonds is 11. The molecule has 32 heavy (non-hydrogen) atoms. The number of hydrogen-bond acceptors (Lipinski definition) is 8. The van der Waals surface area contributed by atoms with Gasteiger partial charge < -0.3 is 25.0 Å². The molecule has 1 fully saturated rings. The number of anilines is 3. The Morgan fingerprint density at radius 1 is 1.12 bits per heavy atom. The number of likely N-dealkylation sites (tertiary alicyclic amines) is 1. The van der Waals surface area contributed by atoms with Gasteiger partial charge in [0.25, 0.3) is 0 Å². The van der Waals surface area contributed by atoms with Crippen molar-refractivity contribution in [2.75, 3.05) is 44.0 Å². The van der Waals surface area contributed by atoms with E-state index in [1.54, 1.807) is 18.0 Å². The van der Waals surface area contributed by atoms with Crippen LogP contribution in [-0.2, 0) is 13.6 Å². The number of methoxy groups -OCH3 is 1. The first-order valence-corrected chi connectivity index (χ1v) is 11.0. The highest BCUT2D eigenvalue weighted by atomic mass is 16.5. The van der Waals surface area contributed by atoms with Crippen LogP contribution in [0.15, 0.2) is 42.9 Å². The van der Waals surface area contributed by atoms with E-state index in [-0.39, 0.29) is 0 Å². The van der Waals surface area contributed by atoms with Crippen LogP contribution in [0.3, 0.4) is 0 Å². The quantitative estimate of drug-likeness (QED) is 0.441. The summed E-state index contributed by atoms with van der Waals surface area (Å²) in [5.74, 6) is 2.67. The molecule has 0 spiro atoms. The molecule has 0 saturated carbocycles. The zero-order chi connectivity index (χ0) is 22.2. The van der Waals surface area contributed by atoms with Crippen LogP contribution in [0.25, 0.3) is 0 Å². The molecule has 1 aliphatic rings. The van der Waals surface area contributed by atoms with Gasteiger partial charge in [0, 0.05) is 49.8 Å². The number of nitrogens with one attached hydrogen (secondary N) is 2. The van der Waals surface area contributed by atoms with Gasteiger partial charge in [-0.3, -0.25) is 4.68 Å². The smallest absolute Gasteiger partial charge is 0.229 e. The highest BCUT2D eigenvalue weighted by Gasteiger charge is 2.12. The molecule has 3 heterocycles. The largest absolute Gasteiger partial charge is 0.493 e. The van der Waals surface area contributed by atoms with Gasteiger partial charge in [0.05, 0.1) is 19.9 Å². The highest BCUT2D eigenvalue weighted by Crippen LogP contribution is 2.31. The first-order valence-electron chi connectivity index (χ1n) is 11.0. The molecule has 0 unspecified atom stereocenters. The minimum atomic E-state index is 0.506. The minimum absolute atomic E-state index is 0.506. The Kier molecular flexibility index (Phi) is 7.39. The molecule has 170 valence electrons. The van der Waals surface area contributed by atoms with E-state index in [9.17, 15) is 0 Å². The van der Waals surface area contributed by atoms with Crippen LogP contribution < -0.4 is 20.1 Å². The van der Waals surface area contributed by atoms with Crippen molar-refractivity contribution in [2.45, 2.75) is 25.8 Å². The van der Waals surface area contributed by atoms with Gasteiger partial charge in [-0.1, -0.05) is 0 Å². The van der Waals surface area contributed by atoms with Crippen LogP contribution in [0, 0.1) is 0 Å². The lowest BCUT2D eigenvalue weighted by Gasteiger charge is -2.16. The van der Waals surface area contributed by atoms with Crippen molar-refractivity contribution in [3.63, 3.8) is 0 Å². The Hall–Kier alpha value is -3.33. The first-order chi connectivity index (χ1) is 15.7. The third-order valence-corrected chi connectivity index (χ3v) is 5.38. The summed E-state index contributed by atoms with van der Waals surface area (Å²) in [7, 11) is 3.55. The fourth-order valence-corrected chi connectivity index (χ4v) is 3.75. The molecule has 1 aliphatic heterocycles. The van der Waals surface area contributed by atoms with Crippen LogP contribution in [0.5, 0.6) is 11.5 Å². The summed E-state index contributed by atoms with van der Waals surface area (Å²) in [6, 6.07) is 7.58. The summed E-state index contributed by atoms with van der Waals surface area (Å²) in [5.41, 5.74) is 1.92. The van der Waals surface area contributed by atoms with Gasteiger partial charge in [0.1, 0.15) is 5.82 Å². The fraction of sp³-hybridized carbons (Fsp3) is 0.435. The zero-order valence-electron chi connectivity index (χ0n) is 18.8. The Morgan fingerprint density at radius 2 is 2.00 bits per heavy atom. The summed E-state index contributed by atoms with van der Waals surface area (Å²) in [5, 5.41) is 10.7. The summed E-state index contributed by atoms with van der Waals surface area (Å²) in [6.07, 6.45) is 9.14. The van der Waals surface area contributed by atoms with Crippen LogP contribution >= 0.6 is 0 Å². The normalized spacial score (nSPS) is 13.8. The molecule has 0 aliphatic carbocycles. The maximum Gasteiger partial charge on any atom is 0.229 e. The van der Waals surface area contributed by atoms with Gasteiger partial charge >= 0.3 is 0 Å². The molecular formula is C23H31N7O2. The van der Waals surface area contributed by atoms with E-state index < -0.39 is 0 Å². The molecule has 0 radical (unpaired) electrons. The SMILES string of the molecule is COc1ccc(Nc2nccc(NCc3cnn(C)c3)n2)cc1OCCCN1CCCC1. The average Bonchev–Trinajstić information content (AvgIpc) is 3.47. The number of nitrogens with zero attached hydrogens (tertiary/aromatic N) is 5. The topological polar surface area (TPSA) is 89.4 Å². The second-order valence-corrected chi connectivity index (χ2v) is 7.88. The minimum Gasteiger partial charge on any atom is -0.493 e. The molecular weight excluding hydrogens is 406 g/mol. The van der Waals surface area contributed by atoms with Crippen molar-refractivity contribution in [1.29, 1.82) is 0 Å². The van der Waals surface area contributed by atoms with Crippen LogP contribution in [-0.4, -0.2) is 58.0 Å². The number of aryl methyl sites for hydroxylation is 1. The van der Waals surface area contributed by atoms with Crippen LogP contribution in [0.4, 0.5) is 17.5 Å². The zero-order valence-corrected chi connectivity index (χ0v) is 18.8. The molecule has 0 atom stereocenters. The molecule has 1 aromatic carbocycles. The second kappa shape index (κ2) is 10.8. The van der Waals surface area contributed by atoms with E-state index in [2.05, 4.69) is 30.6 Å². The number of aromatic nitrogens is 4. The lowest BCUT2D eigenvalue weighted by Crippen LogP contribution is -2.21. The molecule has 9 heteroatoms. The Balaban J connectivity index is 1.34. The maximum absolute atomic E-state index is 6.03. The van der Waals surface area contributed by atoms with E-state index in [0.717, 1.165) is 30.0 Å². The molecule has 0 amide bonds. The van der Waals surface area contributed by atoms with Crippen molar-refractivity contribution < 1.29 is 9.47 Å². The molecule has 4 rings (SSSR count). The Labute approximate surface area is 188 Å². The van der Waals surface area contributed by atoms with Crippen LogP contribution in [0.1, 0.15) is 24.8 Å². The predicted octanol–water partition coefficient (Wildman–Crippen LogP) is 3.44. The van der Waals surface area contributed by atoms with Crippen molar-refractivity contribution >= 4 is 17.5 Å². The molecule has 2 N–H and O–H groups in total. The first kappa shape index (κ1) is 21.9. The maximum atomic E-state index is 6.03. The molecule has 2 aromatic heterocycles. The van der Waals surface area contributed by atoms with E-state index in [1.807, 2.05) is 43.7 Å². The van der Waals surface area contributed by atoms with Crippen LogP contribution in [0.2, 0.25) is 0 Å². The highest BCUT2D eigenvalue weighted by molar-refractivity contribution is 5.60. The van der Waals surface area contributed by atoms with E-state index in [4.69, 9.17) is 9.47 Å². The van der Waals surface area contributed by atoms with Crippen molar-refractivity contribution in [1.82, 2.24) is 24.6 Å².